The number of ether oxygens (including phenoxy) is 1. The van der Waals surface area contributed by atoms with Crippen molar-refractivity contribution in [3.05, 3.63) is 36.5 Å². The number of fused-ring (bicyclic) bond motifs is 3. The summed E-state index contributed by atoms with van der Waals surface area (Å²) in [6, 6.07) is 8.64. The molecule has 0 spiro atoms. The second kappa shape index (κ2) is 6.71. The first-order chi connectivity index (χ1) is 13.1. The molecule has 2 N–H and O–H groups in total. The van der Waals surface area contributed by atoms with E-state index in [0.29, 0.717) is 17.8 Å². The van der Waals surface area contributed by atoms with Crippen LogP contribution in [0.15, 0.2) is 36.5 Å². The second-order valence-corrected chi connectivity index (χ2v) is 6.29. The fourth-order valence-corrected chi connectivity index (χ4v) is 3.48. The Morgan fingerprint density at radius 2 is 2.19 bits per heavy atom. The van der Waals surface area contributed by atoms with E-state index in [4.69, 9.17) is 4.74 Å². The Labute approximate surface area is 154 Å². The minimum absolute atomic E-state index is 0.258. The number of pyridine rings is 1. The van der Waals surface area contributed by atoms with Crippen molar-refractivity contribution >= 4 is 45.5 Å². The van der Waals surface area contributed by atoms with E-state index in [9.17, 15) is 14.4 Å². The van der Waals surface area contributed by atoms with Gasteiger partial charge < -0.3 is 9.30 Å². The summed E-state index contributed by atoms with van der Waals surface area (Å²) < 4.78 is 6.78. The van der Waals surface area contributed by atoms with Gasteiger partial charge in [-0.1, -0.05) is 0 Å². The Balaban J connectivity index is 1.85. The maximum Gasteiger partial charge on any atom is 0.411 e. The monoisotopic (exact) mass is 366 g/mol. The van der Waals surface area contributed by atoms with Crippen LogP contribution in [0.1, 0.15) is 25.8 Å². The van der Waals surface area contributed by atoms with Gasteiger partial charge in [-0.05, 0) is 43.7 Å². The van der Waals surface area contributed by atoms with Crippen molar-refractivity contribution in [1.29, 1.82) is 0 Å². The maximum absolute atomic E-state index is 12.4. The molecule has 1 fully saturated rings. The van der Waals surface area contributed by atoms with E-state index in [1.165, 1.54) is 0 Å². The molecule has 1 unspecified atom stereocenters. The van der Waals surface area contributed by atoms with Gasteiger partial charge in [0.05, 0.1) is 12.1 Å². The molecule has 4 rings (SSSR count). The number of hydrogen-bond acceptors (Lipinski definition) is 5. The van der Waals surface area contributed by atoms with E-state index in [-0.39, 0.29) is 24.8 Å². The summed E-state index contributed by atoms with van der Waals surface area (Å²) in [5, 5.41) is 6.81. The summed E-state index contributed by atoms with van der Waals surface area (Å²) >= 11 is 0. The number of carbonyl (C=O) groups excluding carboxylic acids is 3. The molecule has 3 aromatic rings. The van der Waals surface area contributed by atoms with Crippen molar-refractivity contribution in [2.75, 3.05) is 11.9 Å². The zero-order valence-corrected chi connectivity index (χ0v) is 14.7. The molecule has 1 aliphatic rings. The van der Waals surface area contributed by atoms with Crippen LogP contribution in [0.2, 0.25) is 0 Å². The molecule has 0 saturated carbocycles. The summed E-state index contributed by atoms with van der Waals surface area (Å²) in [5.41, 5.74) is 2.06. The van der Waals surface area contributed by atoms with E-state index in [0.717, 1.165) is 16.3 Å². The number of hydrogen-bond donors (Lipinski definition) is 2. The van der Waals surface area contributed by atoms with Crippen LogP contribution in [0.4, 0.5) is 10.5 Å². The molecule has 1 saturated heterocycles. The Kier molecular flexibility index (Phi) is 4.23. The van der Waals surface area contributed by atoms with E-state index in [1.54, 1.807) is 19.2 Å². The van der Waals surface area contributed by atoms with Crippen molar-refractivity contribution in [2.45, 2.75) is 25.8 Å². The number of anilines is 1. The van der Waals surface area contributed by atoms with Crippen LogP contribution < -0.4 is 10.6 Å². The number of nitrogens with zero attached hydrogens (tertiary/aromatic N) is 2. The van der Waals surface area contributed by atoms with Gasteiger partial charge in [0.15, 0.2) is 0 Å². The van der Waals surface area contributed by atoms with Gasteiger partial charge in [-0.15, -0.1) is 0 Å². The van der Waals surface area contributed by atoms with Gasteiger partial charge in [0.25, 0.3) is 0 Å². The predicted molar refractivity (Wildman–Crippen MR) is 99.3 cm³/mol. The molecule has 0 bridgehead atoms. The van der Waals surface area contributed by atoms with Crippen LogP contribution in [0.5, 0.6) is 0 Å². The van der Waals surface area contributed by atoms with Crippen molar-refractivity contribution in [3.63, 3.8) is 0 Å². The number of carbonyl (C=O) groups is 3. The molecule has 2 aromatic heterocycles. The number of rotatable bonds is 3. The predicted octanol–water partition coefficient (Wildman–Crippen LogP) is 2.74. The lowest BCUT2D eigenvalue weighted by atomic mass is 10.1. The zero-order chi connectivity index (χ0) is 19.0. The highest BCUT2D eigenvalue weighted by Gasteiger charge is 2.30. The van der Waals surface area contributed by atoms with E-state index < -0.39 is 12.1 Å². The lowest BCUT2D eigenvalue weighted by molar-refractivity contribution is -0.135. The largest absolute Gasteiger partial charge is 0.450 e. The molecule has 0 aliphatic carbocycles. The number of aromatic nitrogens is 2. The third-order valence-corrected chi connectivity index (χ3v) is 4.60. The minimum atomic E-state index is -0.524. The van der Waals surface area contributed by atoms with Gasteiger partial charge in [-0.25, -0.2) is 9.78 Å². The summed E-state index contributed by atoms with van der Waals surface area (Å²) in [5.74, 6) is -0.588. The summed E-state index contributed by atoms with van der Waals surface area (Å²) in [7, 11) is 0. The molecule has 1 aromatic carbocycles. The lowest BCUT2D eigenvalue weighted by Crippen LogP contribution is -2.41. The molecule has 8 heteroatoms. The number of nitrogens with one attached hydrogen (secondary N) is 2. The molecular weight excluding hydrogens is 348 g/mol. The molecule has 1 atom stereocenters. The second-order valence-electron chi connectivity index (χ2n) is 6.29. The molecule has 27 heavy (non-hydrogen) atoms. The third kappa shape index (κ3) is 2.99. The van der Waals surface area contributed by atoms with Gasteiger partial charge in [0.1, 0.15) is 11.7 Å². The molecule has 1 aliphatic heterocycles. The number of amides is 3. The number of benzene rings is 1. The van der Waals surface area contributed by atoms with E-state index in [2.05, 4.69) is 15.6 Å². The number of piperidine rings is 1. The lowest BCUT2D eigenvalue weighted by Gasteiger charge is -2.23. The fourth-order valence-electron chi connectivity index (χ4n) is 3.48. The number of imide groups is 1. The van der Waals surface area contributed by atoms with Gasteiger partial charge in [-0.2, -0.15) is 0 Å². The maximum atomic E-state index is 12.4. The van der Waals surface area contributed by atoms with Crippen molar-refractivity contribution in [3.8, 4) is 0 Å². The van der Waals surface area contributed by atoms with E-state index >= 15 is 0 Å². The highest BCUT2D eigenvalue weighted by atomic mass is 16.5. The van der Waals surface area contributed by atoms with Gasteiger partial charge in [0.2, 0.25) is 11.8 Å². The highest BCUT2D eigenvalue weighted by molar-refractivity contribution is 6.10. The van der Waals surface area contributed by atoms with Crippen LogP contribution >= 0.6 is 0 Å². The average molecular weight is 366 g/mol. The minimum Gasteiger partial charge on any atom is -0.450 e. The Morgan fingerprint density at radius 1 is 1.33 bits per heavy atom. The Morgan fingerprint density at radius 3 is 2.96 bits per heavy atom. The van der Waals surface area contributed by atoms with Crippen molar-refractivity contribution < 1.29 is 19.1 Å². The third-order valence-electron chi connectivity index (χ3n) is 4.60. The van der Waals surface area contributed by atoms with Crippen LogP contribution in [0.3, 0.4) is 0 Å². The van der Waals surface area contributed by atoms with Crippen LogP contribution in [0.25, 0.3) is 21.9 Å². The topological polar surface area (TPSA) is 102 Å². The smallest absolute Gasteiger partial charge is 0.411 e. The quantitative estimate of drug-likeness (QED) is 0.694. The van der Waals surface area contributed by atoms with Gasteiger partial charge >= 0.3 is 6.09 Å². The van der Waals surface area contributed by atoms with Gasteiger partial charge in [0, 0.05) is 29.1 Å². The molecule has 138 valence electrons. The zero-order valence-electron chi connectivity index (χ0n) is 14.7. The fraction of sp³-hybridized carbons (Fsp3) is 0.263. The molecule has 3 heterocycles. The molecule has 0 radical (unpaired) electrons. The summed E-state index contributed by atoms with van der Waals surface area (Å²) in [6.07, 6.45) is 1.85. The first-order valence-corrected chi connectivity index (χ1v) is 8.74. The summed E-state index contributed by atoms with van der Waals surface area (Å²) in [4.78, 5) is 40.1. The molecule has 8 nitrogen and oxygen atoms in total. The SMILES string of the molecule is CCOC(=O)Nc1ccc2c(c1)c1cccnc1n2C1CCC(=O)NC1=O. The molecular formula is C19H18N4O4. The Bertz CT molecular complexity index is 1070. The van der Waals surface area contributed by atoms with Crippen molar-refractivity contribution in [2.24, 2.45) is 0 Å². The van der Waals surface area contributed by atoms with Crippen LogP contribution in [-0.4, -0.2) is 34.1 Å². The Hall–Kier alpha value is -3.42. The first-order valence-electron chi connectivity index (χ1n) is 8.74. The van der Waals surface area contributed by atoms with Gasteiger partial charge in [-0.3, -0.25) is 20.2 Å². The van der Waals surface area contributed by atoms with Crippen LogP contribution in [-0.2, 0) is 14.3 Å². The average Bonchev–Trinajstić information content (AvgIpc) is 2.96. The standard InChI is InChI=1S/C19H18N4O4/c1-2-27-19(26)21-11-5-6-14-13(10-11)12-4-3-9-20-17(12)23(14)15-7-8-16(24)22-18(15)25/h3-6,9-10,15H,2,7-8H2,1H3,(H,21,26)(H,22,24,25). The van der Waals surface area contributed by atoms with E-state index in [1.807, 2.05) is 28.8 Å². The van der Waals surface area contributed by atoms with Crippen LogP contribution in [0, 0.1) is 0 Å². The first kappa shape index (κ1) is 17.0. The molecule has 3 amide bonds. The van der Waals surface area contributed by atoms with Crippen molar-refractivity contribution in [1.82, 2.24) is 14.9 Å². The highest BCUT2D eigenvalue weighted by Crippen LogP contribution is 2.34. The summed E-state index contributed by atoms with van der Waals surface area (Å²) in [6.45, 7) is 2.02. The normalized spacial score (nSPS) is 17.1.